The predicted octanol–water partition coefficient (Wildman–Crippen LogP) is 5.75. The van der Waals surface area contributed by atoms with Gasteiger partial charge >= 0.3 is 0 Å². The van der Waals surface area contributed by atoms with Crippen LogP contribution >= 0.6 is 0 Å². The van der Waals surface area contributed by atoms with Crippen LogP contribution in [0, 0.1) is 23.2 Å². The van der Waals surface area contributed by atoms with Gasteiger partial charge in [0.05, 0.1) is 23.7 Å². The van der Waals surface area contributed by atoms with Gasteiger partial charge in [0.15, 0.2) is 5.82 Å². The number of nitrogens with zero attached hydrogens (tertiary/aromatic N) is 2. The summed E-state index contributed by atoms with van der Waals surface area (Å²) in [5.74, 6) is 2.82. The first-order chi connectivity index (χ1) is 18.2. The van der Waals surface area contributed by atoms with Crippen LogP contribution in [-0.4, -0.2) is 43.8 Å². The lowest BCUT2D eigenvalue weighted by molar-refractivity contribution is 0.0862. The third-order valence-electron chi connectivity index (χ3n) is 10.3. The van der Waals surface area contributed by atoms with Crippen LogP contribution in [0.1, 0.15) is 96.7 Å². The number of allylic oxidation sites excluding steroid dienone is 4. The highest BCUT2D eigenvalue weighted by atomic mass is 16.5. The zero-order chi connectivity index (χ0) is 27.1. The molecule has 0 bridgehead atoms. The Balaban J connectivity index is 1.27. The van der Waals surface area contributed by atoms with Crippen LogP contribution in [0.3, 0.4) is 0 Å². The molecule has 4 saturated carbocycles. The number of aliphatic hydroxyl groups is 3. The number of rotatable bonds is 8. The SMILES string of the molecule is C=C1C(=CC=C2CCC[C@]3(C)[C@@H]([C@H](C)C=C[C@@H](O)C4(c5nc(CCC)no5)CC4)CC[C@@H]23)C[C@@H](O)C[C@@H]1O. The van der Waals surface area contributed by atoms with Gasteiger partial charge in [-0.2, -0.15) is 4.98 Å². The molecule has 6 nitrogen and oxygen atoms in total. The second-order valence-corrected chi connectivity index (χ2v) is 12.8. The summed E-state index contributed by atoms with van der Waals surface area (Å²) in [6, 6.07) is 0. The average molecular weight is 523 g/mol. The van der Waals surface area contributed by atoms with Crippen molar-refractivity contribution in [3.8, 4) is 0 Å². The molecule has 38 heavy (non-hydrogen) atoms. The second-order valence-electron chi connectivity index (χ2n) is 12.8. The second kappa shape index (κ2) is 10.9. The molecular weight excluding hydrogens is 476 g/mol. The van der Waals surface area contributed by atoms with Crippen LogP contribution in [0.5, 0.6) is 0 Å². The van der Waals surface area contributed by atoms with Crippen molar-refractivity contribution in [2.75, 3.05) is 0 Å². The van der Waals surface area contributed by atoms with Crippen LogP contribution in [0.2, 0.25) is 0 Å². The summed E-state index contributed by atoms with van der Waals surface area (Å²) in [7, 11) is 0. The molecule has 0 aliphatic heterocycles. The molecule has 0 spiro atoms. The number of hydrogen-bond acceptors (Lipinski definition) is 6. The van der Waals surface area contributed by atoms with Crippen molar-refractivity contribution in [2.45, 2.75) is 115 Å². The first-order valence-corrected chi connectivity index (χ1v) is 14.8. The van der Waals surface area contributed by atoms with Crippen molar-refractivity contribution >= 4 is 0 Å². The van der Waals surface area contributed by atoms with E-state index < -0.39 is 23.7 Å². The summed E-state index contributed by atoms with van der Waals surface area (Å²) in [6.07, 6.45) is 17.3. The van der Waals surface area contributed by atoms with E-state index in [1.54, 1.807) is 0 Å². The topological polar surface area (TPSA) is 99.6 Å². The summed E-state index contributed by atoms with van der Waals surface area (Å²) in [5.41, 5.74) is 3.06. The molecule has 0 amide bonds. The molecule has 0 unspecified atom stereocenters. The van der Waals surface area contributed by atoms with E-state index in [-0.39, 0.29) is 5.41 Å². The van der Waals surface area contributed by atoms with Crippen LogP contribution < -0.4 is 0 Å². The van der Waals surface area contributed by atoms with E-state index in [0.717, 1.165) is 49.1 Å². The molecule has 0 saturated heterocycles. The Bertz CT molecular complexity index is 1110. The van der Waals surface area contributed by atoms with E-state index in [1.165, 1.54) is 31.3 Å². The molecule has 1 aromatic rings. The molecule has 5 rings (SSSR count). The number of fused-ring (bicyclic) bond motifs is 1. The summed E-state index contributed by atoms with van der Waals surface area (Å²) in [5, 5.41) is 35.6. The van der Waals surface area contributed by atoms with Gasteiger partial charge in [0.25, 0.3) is 0 Å². The Morgan fingerprint density at radius 3 is 2.68 bits per heavy atom. The van der Waals surface area contributed by atoms with Gasteiger partial charge in [-0.1, -0.05) is 62.4 Å². The standard InChI is InChI=1S/C32H46N2O4/c1-5-7-29-33-30(38-34-29)32(16-17-32)28(37)14-9-20(2)25-12-13-26-22(8-6-15-31(25,26)4)10-11-23-18-24(35)19-27(36)21(23)3/h9-11,14,20,24-28,35-37H,3,5-8,12-13,15-19H2,1-2,4H3/t20-,24-,25-,26+,27+,28-,31-/m1/s1. The predicted molar refractivity (Wildman–Crippen MR) is 148 cm³/mol. The Hall–Kier alpha value is -2.02. The van der Waals surface area contributed by atoms with Crippen LogP contribution in [-0.2, 0) is 11.8 Å². The Labute approximate surface area is 227 Å². The van der Waals surface area contributed by atoms with Crippen molar-refractivity contribution in [1.29, 1.82) is 0 Å². The highest BCUT2D eigenvalue weighted by molar-refractivity contribution is 5.38. The molecule has 0 aromatic carbocycles. The molecule has 4 aliphatic carbocycles. The van der Waals surface area contributed by atoms with Crippen molar-refractivity contribution < 1.29 is 19.8 Å². The minimum absolute atomic E-state index is 0.235. The van der Waals surface area contributed by atoms with Crippen molar-refractivity contribution in [3.05, 3.63) is 59.3 Å². The largest absolute Gasteiger partial charge is 0.393 e. The maximum atomic E-state index is 11.1. The van der Waals surface area contributed by atoms with E-state index in [4.69, 9.17) is 4.52 Å². The number of aromatic nitrogens is 2. The summed E-state index contributed by atoms with van der Waals surface area (Å²) in [4.78, 5) is 4.58. The highest BCUT2D eigenvalue weighted by Gasteiger charge is 2.55. The first kappa shape index (κ1) is 27.5. The number of aliphatic hydroxyl groups excluding tert-OH is 3. The van der Waals surface area contributed by atoms with Crippen LogP contribution in [0.25, 0.3) is 0 Å². The van der Waals surface area contributed by atoms with Gasteiger partial charge in [-0.25, -0.2) is 0 Å². The molecular formula is C32H46N2O4. The fourth-order valence-corrected chi connectivity index (χ4v) is 7.76. The molecule has 3 N–H and O–H groups in total. The monoisotopic (exact) mass is 522 g/mol. The molecule has 1 aromatic heterocycles. The van der Waals surface area contributed by atoms with Gasteiger partial charge in [-0.15, -0.1) is 0 Å². The molecule has 4 aliphatic rings. The smallest absolute Gasteiger partial charge is 0.235 e. The fourth-order valence-electron chi connectivity index (χ4n) is 7.76. The third-order valence-corrected chi connectivity index (χ3v) is 10.3. The van der Waals surface area contributed by atoms with Crippen LogP contribution in [0.4, 0.5) is 0 Å². The minimum atomic E-state index is -0.646. The zero-order valence-corrected chi connectivity index (χ0v) is 23.4. The average Bonchev–Trinajstić information content (AvgIpc) is 3.42. The fraction of sp³-hybridized carbons (Fsp3) is 0.688. The van der Waals surface area contributed by atoms with Crippen molar-refractivity contribution in [3.63, 3.8) is 0 Å². The molecule has 1 heterocycles. The Kier molecular flexibility index (Phi) is 7.87. The minimum Gasteiger partial charge on any atom is -0.393 e. The molecule has 208 valence electrons. The first-order valence-electron chi connectivity index (χ1n) is 14.8. The van der Waals surface area contributed by atoms with Gasteiger partial charge < -0.3 is 19.8 Å². The van der Waals surface area contributed by atoms with E-state index in [0.29, 0.717) is 36.5 Å². The van der Waals surface area contributed by atoms with Gasteiger partial charge in [0.1, 0.15) is 0 Å². The van der Waals surface area contributed by atoms with E-state index in [1.807, 2.05) is 6.08 Å². The van der Waals surface area contributed by atoms with E-state index in [9.17, 15) is 15.3 Å². The maximum absolute atomic E-state index is 11.1. The van der Waals surface area contributed by atoms with Gasteiger partial charge in [-0.05, 0) is 92.1 Å². The lowest BCUT2D eigenvalue weighted by Crippen LogP contribution is -2.35. The van der Waals surface area contributed by atoms with Crippen LogP contribution in [0.15, 0.2) is 52.1 Å². The summed E-state index contributed by atoms with van der Waals surface area (Å²) >= 11 is 0. The Morgan fingerprint density at radius 1 is 1.16 bits per heavy atom. The van der Waals surface area contributed by atoms with Gasteiger partial charge in [0, 0.05) is 12.8 Å². The number of aryl methyl sites for hydroxylation is 1. The maximum Gasteiger partial charge on any atom is 0.235 e. The zero-order valence-electron chi connectivity index (χ0n) is 23.4. The molecule has 4 fully saturated rings. The molecule has 0 radical (unpaired) electrons. The number of hydrogen-bond donors (Lipinski definition) is 3. The lowest BCUT2D eigenvalue weighted by Gasteiger charge is -2.44. The quantitative estimate of drug-likeness (QED) is 0.376. The normalized spacial score (nSPS) is 36.6. The van der Waals surface area contributed by atoms with Gasteiger partial charge in [0.2, 0.25) is 5.89 Å². The van der Waals surface area contributed by atoms with E-state index >= 15 is 0 Å². The highest BCUT2D eigenvalue weighted by Crippen LogP contribution is 2.59. The molecule has 7 atom stereocenters. The summed E-state index contributed by atoms with van der Waals surface area (Å²) in [6.45, 7) is 11.0. The van der Waals surface area contributed by atoms with Crippen molar-refractivity contribution in [1.82, 2.24) is 10.1 Å². The van der Waals surface area contributed by atoms with Gasteiger partial charge in [-0.3, -0.25) is 0 Å². The Morgan fingerprint density at radius 2 is 1.95 bits per heavy atom. The molecule has 6 heteroatoms. The third kappa shape index (κ3) is 5.12. The van der Waals surface area contributed by atoms with Crippen molar-refractivity contribution in [2.24, 2.45) is 23.2 Å². The lowest BCUT2D eigenvalue weighted by atomic mass is 9.61. The van der Waals surface area contributed by atoms with E-state index in [2.05, 4.69) is 55.7 Å². The summed E-state index contributed by atoms with van der Waals surface area (Å²) < 4.78 is 5.56.